The monoisotopic (exact) mass is 377 g/mol. The molecule has 28 heavy (non-hydrogen) atoms. The summed E-state index contributed by atoms with van der Waals surface area (Å²) in [7, 11) is 0. The molecule has 1 amide bonds. The summed E-state index contributed by atoms with van der Waals surface area (Å²) in [4.78, 5) is 16.8. The summed E-state index contributed by atoms with van der Waals surface area (Å²) in [6, 6.07) is 12.9. The van der Waals surface area contributed by atoms with Crippen molar-refractivity contribution in [1.82, 2.24) is 25.3 Å². The lowest BCUT2D eigenvalue weighted by Crippen LogP contribution is -2.28. The molecule has 0 spiro atoms. The number of hydrogen-bond donors (Lipinski definition) is 1. The third-order valence-electron chi connectivity index (χ3n) is 4.31. The Bertz CT molecular complexity index is 1070. The Kier molecular flexibility index (Phi) is 4.76. The molecule has 3 aromatic heterocycles. The van der Waals surface area contributed by atoms with E-state index in [4.69, 9.17) is 8.83 Å². The molecule has 4 aromatic rings. The molecule has 8 nitrogen and oxygen atoms in total. The summed E-state index contributed by atoms with van der Waals surface area (Å²) in [5, 5.41) is 11.2. The molecule has 1 aromatic carbocycles. The number of aromatic nitrogens is 4. The zero-order valence-corrected chi connectivity index (χ0v) is 15.5. The van der Waals surface area contributed by atoms with Gasteiger partial charge in [-0.05, 0) is 38.1 Å². The third-order valence-corrected chi connectivity index (χ3v) is 4.31. The molecular formula is C20H19N5O3. The van der Waals surface area contributed by atoms with Gasteiger partial charge in [0.05, 0.1) is 36.3 Å². The molecule has 0 aliphatic heterocycles. The van der Waals surface area contributed by atoms with Gasteiger partial charge in [-0.1, -0.05) is 23.4 Å². The van der Waals surface area contributed by atoms with Crippen LogP contribution in [0, 0.1) is 6.92 Å². The fraction of sp³-hybridized carbons (Fsp3) is 0.200. The standard InChI is InChI=1S/C20H19N5O3/c1-13(17-12-25(24-23-17)15-7-4-3-5-8-15)21-19(26)11-16-14(2)28-20(22-16)18-9-6-10-27-18/h3-10,12-13H,11H2,1-2H3,(H,21,26)/t13-/m1/s1. The SMILES string of the molecule is Cc1oc(-c2ccco2)nc1CC(=O)N[C@H](C)c1cn(-c2ccccc2)nn1. The van der Waals surface area contributed by atoms with Crippen molar-refractivity contribution >= 4 is 5.91 Å². The molecule has 0 fully saturated rings. The average Bonchev–Trinajstić information content (AvgIpc) is 3.44. The van der Waals surface area contributed by atoms with Gasteiger partial charge in [-0.15, -0.1) is 5.10 Å². The van der Waals surface area contributed by atoms with Gasteiger partial charge in [0.2, 0.25) is 5.91 Å². The quantitative estimate of drug-likeness (QED) is 0.554. The van der Waals surface area contributed by atoms with E-state index in [1.165, 1.54) is 0 Å². The van der Waals surface area contributed by atoms with E-state index in [9.17, 15) is 4.79 Å². The summed E-state index contributed by atoms with van der Waals surface area (Å²) >= 11 is 0. The molecule has 0 aliphatic rings. The number of para-hydroxylation sites is 1. The molecule has 3 heterocycles. The maximum Gasteiger partial charge on any atom is 0.263 e. The Labute approximate surface area is 161 Å². The molecular weight excluding hydrogens is 358 g/mol. The molecule has 0 aliphatic carbocycles. The maximum absolute atomic E-state index is 12.4. The highest BCUT2D eigenvalue weighted by Gasteiger charge is 2.19. The van der Waals surface area contributed by atoms with Crippen LogP contribution in [0.2, 0.25) is 0 Å². The molecule has 1 N–H and O–H groups in total. The molecule has 0 bridgehead atoms. The first-order valence-corrected chi connectivity index (χ1v) is 8.87. The summed E-state index contributed by atoms with van der Waals surface area (Å²) in [5.41, 5.74) is 2.15. The Morgan fingerprint density at radius 3 is 2.79 bits per heavy atom. The van der Waals surface area contributed by atoms with Crippen molar-refractivity contribution in [3.8, 4) is 17.3 Å². The smallest absolute Gasteiger partial charge is 0.263 e. The summed E-state index contributed by atoms with van der Waals surface area (Å²) in [6.07, 6.45) is 3.45. The summed E-state index contributed by atoms with van der Waals surface area (Å²) in [6.45, 7) is 3.64. The van der Waals surface area contributed by atoms with Gasteiger partial charge in [0, 0.05) is 0 Å². The predicted molar refractivity (Wildman–Crippen MR) is 101 cm³/mol. The zero-order valence-electron chi connectivity index (χ0n) is 15.5. The van der Waals surface area contributed by atoms with Crippen LogP contribution in [0.15, 0.2) is 63.8 Å². The Balaban J connectivity index is 1.41. The van der Waals surface area contributed by atoms with E-state index in [0.29, 0.717) is 28.8 Å². The van der Waals surface area contributed by atoms with E-state index in [0.717, 1.165) is 5.69 Å². The minimum absolute atomic E-state index is 0.104. The van der Waals surface area contributed by atoms with Crippen LogP contribution < -0.4 is 5.32 Å². The summed E-state index contributed by atoms with van der Waals surface area (Å²) < 4.78 is 12.5. The largest absolute Gasteiger partial charge is 0.459 e. The maximum atomic E-state index is 12.4. The van der Waals surface area contributed by atoms with Gasteiger partial charge in [0.25, 0.3) is 5.89 Å². The highest BCUT2D eigenvalue weighted by Crippen LogP contribution is 2.22. The first kappa shape index (κ1) is 17.7. The normalized spacial score (nSPS) is 12.1. The van der Waals surface area contributed by atoms with Crippen molar-refractivity contribution in [2.45, 2.75) is 26.3 Å². The van der Waals surface area contributed by atoms with Gasteiger partial charge in [0.1, 0.15) is 11.5 Å². The van der Waals surface area contributed by atoms with Crippen LogP contribution >= 0.6 is 0 Å². The number of nitrogens with zero attached hydrogens (tertiary/aromatic N) is 4. The average molecular weight is 377 g/mol. The second-order valence-electron chi connectivity index (χ2n) is 6.39. The van der Waals surface area contributed by atoms with Crippen LogP contribution in [0.25, 0.3) is 17.3 Å². The van der Waals surface area contributed by atoms with Crippen molar-refractivity contribution in [2.24, 2.45) is 0 Å². The Hall–Kier alpha value is -3.68. The van der Waals surface area contributed by atoms with Crippen molar-refractivity contribution in [3.05, 3.63) is 72.1 Å². The van der Waals surface area contributed by atoms with Gasteiger partial charge in [-0.2, -0.15) is 0 Å². The fourth-order valence-electron chi connectivity index (χ4n) is 2.80. The molecule has 4 rings (SSSR count). The highest BCUT2D eigenvalue weighted by molar-refractivity contribution is 5.78. The van der Waals surface area contributed by atoms with Crippen LogP contribution in [0.1, 0.15) is 30.1 Å². The van der Waals surface area contributed by atoms with Gasteiger partial charge < -0.3 is 14.2 Å². The van der Waals surface area contributed by atoms with E-state index < -0.39 is 0 Å². The van der Waals surface area contributed by atoms with Crippen molar-refractivity contribution in [2.75, 3.05) is 0 Å². The van der Waals surface area contributed by atoms with Gasteiger partial charge in [-0.3, -0.25) is 4.79 Å². The van der Waals surface area contributed by atoms with E-state index in [-0.39, 0.29) is 18.4 Å². The first-order valence-electron chi connectivity index (χ1n) is 8.87. The number of carbonyl (C=O) groups is 1. The number of hydrogen-bond acceptors (Lipinski definition) is 6. The van der Waals surface area contributed by atoms with Crippen molar-refractivity contribution in [3.63, 3.8) is 0 Å². The number of rotatable bonds is 6. The van der Waals surface area contributed by atoms with Gasteiger partial charge in [-0.25, -0.2) is 9.67 Å². The van der Waals surface area contributed by atoms with Crippen molar-refractivity contribution in [1.29, 1.82) is 0 Å². The third kappa shape index (κ3) is 3.71. The van der Waals surface area contributed by atoms with Crippen molar-refractivity contribution < 1.29 is 13.6 Å². The topological polar surface area (TPSA) is 99.0 Å². The first-order chi connectivity index (χ1) is 13.6. The minimum Gasteiger partial charge on any atom is -0.459 e. The van der Waals surface area contributed by atoms with Crippen LogP contribution in [0.4, 0.5) is 0 Å². The van der Waals surface area contributed by atoms with Crippen LogP contribution in [-0.4, -0.2) is 25.9 Å². The zero-order chi connectivity index (χ0) is 19.5. The second kappa shape index (κ2) is 7.51. The number of furan rings is 1. The number of oxazole rings is 1. The Morgan fingerprint density at radius 2 is 2.04 bits per heavy atom. The number of carbonyl (C=O) groups excluding carboxylic acids is 1. The van der Waals surface area contributed by atoms with E-state index in [2.05, 4.69) is 20.6 Å². The predicted octanol–water partition coefficient (Wildman–Crippen LogP) is 3.24. The number of benzene rings is 1. The number of aryl methyl sites for hydroxylation is 1. The lowest BCUT2D eigenvalue weighted by atomic mass is 10.2. The molecule has 0 radical (unpaired) electrons. The molecule has 0 saturated carbocycles. The lowest BCUT2D eigenvalue weighted by Gasteiger charge is -2.10. The number of nitrogens with one attached hydrogen (secondary N) is 1. The Morgan fingerprint density at radius 1 is 1.21 bits per heavy atom. The van der Waals surface area contributed by atoms with E-state index in [1.54, 1.807) is 36.2 Å². The summed E-state index contributed by atoms with van der Waals surface area (Å²) in [5.74, 6) is 1.30. The molecule has 0 unspecified atom stereocenters. The molecule has 8 heteroatoms. The van der Waals surface area contributed by atoms with Gasteiger partial charge >= 0.3 is 0 Å². The van der Waals surface area contributed by atoms with E-state index in [1.807, 2.05) is 37.3 Å². The highest BCUT2D eigenvalue weighted by atomic mass is 16.4. The van der Waals surface area contributed by atoms with E-state index >= 15 is 0 Å². The molecule has 1 atom stereocenters. The lowest BCUT2D eigenvalue weighted by molar-refractivity contribution is -0.121. The minimum atomic E-state index is -0.290. The molecule has 142 valence electrons. The number of amides is 1. The van der Waals surface area contributed by atoms with Crippen LogP contribution in [0.3, 0.4) is 0 Å². The molecule has 0 saturated heterocycles. The van der Waals surface area contributed by atoms with Crippen LogP contribution in [-0.2, 0) is 11.2 Å². The second-order valence-corrected chi connectivity index (χ2v) is 6.39. The fourth-order valence-corrected chi connectivity index (χ4v) is 2.80. The van der Waals surface area contributed by atoms with Crippen LogP contribution in [0.5, 0.6) is 0 Å². The van der Waals surface area contributed by atoms with Gasteiger partial charge in [0.15, 0.2) is 5.76 Å².